The second-order valence-electron chi connectivity index (χ2n) is 4.35. The van der Waals surface area contributed by atoms with Gasteiger partial charge in [-0.05, 0) is 30.3 Å². The molecule has 0 amide bonds. The fraction of sp³-hybridized carbons (Fsp3) is 0.667. The SMILES string of the molecule is CCCc1nc(Cl)cc(NCC2CCSC2)n1. The molecule has 1 atom stereocenters. The van der Waals surface area contributed by atoms with Gasteiger partial charge in [0.05, 0.1) is 0 Å². The molecule has 0 aromatic carbocycles. The number of halogens is 1. The van der Waals surface area contributed by atoms with Gasteiger partial charge in [-0.3, -0.25) is 0 Å². The third-order valence-electron chi connectivity index (χ3n) is 2.81. The summed E-state index contributed by atoms with van der Waals surface area (Å²) in [5.41, 5.74) is 0. The number of aromatic nitrogens is 2. The van der Waals surface area contributed by atoms with Crippen molar-refractivity contribution in [2.45, 2.75) is 26.2 Å². The Morgan fingerprint density at radius 1 is 1.53 bits per heavy atom. The van der Waals surface area contributed by atoms with Crippen LogP contribution in [0.5, 0.6) is 0 Å². The molecule has 94 valence electrons. The summed E-state index contributed by atoms with van der Waals surface area (Å²) in [6.07, 6.45) is 3.23. The van der Waals surface area contributed by atoms with Crippen LogP contribution in [-0.2, 0) is 6.42 Å². The quantitative estimate of drug-likeness (QED) is 0.835. The lowest BCUT2D eigenvalue weighted by atomic mass is 10.1. The van der Waals surface area contributed by atoms with Gasteiger partial charge in [0.15, 0.2) is 0 Å². The number of rotatable bonds is 5. The molecular weight excluding hydrogens is 254 g/mol. The molecule has 1 aromatic rings. The highest BCUT2D eigenvalue weighted by Crippen LogP contribution is 2.23. The maximum Gasteiger partial charge on any atom is 0.134 e. The molecule has 1 aromatic heterocycles. The number of anilines is 1. The molecule has 0 bridgehead atoms. The molecule has 0 radical (unpaired) electrons. The minimum absolute atomic E-state index is 0.534. The Bertz CT molecular complexity index is 367. The Balaban J connectivity index is 1.94. The van der Waals surface area contributed by atoms with Crippen molar-refractivity contribution in [3.05, 3.63) is 17.0 Å². The summed E-state index contributed by atoms with van der Waals surface area (Å²) in [5.74, 6) is 5.02. The second kappa shape index (κ2) is 6.45. The molecular formula is C12H18ClN3S. The van der Waals surface area contributed by atoms with E-state index in [1.54, 1.807) is 0 Å². The van der Waals surface area contributed by atoms with Crippen LogP contribution in [-0.4, -0.2) is 28.0 Å². The van der Waals surface area contributed by atoms with E-state index in [-0.39, 0.29) is 0 Å². The third-order valence-corrected chi connectivity index (χ3v) is 4.24. The van der Waals surface area contributed by atoms with Gasteiger partial charge in [0.1, 0.15) is 16.8 Å². The summed E-state index contributed by atoms with van der Waals surface area (Å²) < 4.78 is 0. The summed E-state index contributed by atoms with van der Waals surface area (Å²) in [5, 5.41) is 3.91. The van der Waals surface area contributed by atoms with Gasteiger partial charge in [-0.2, -0.15) is 11.8 Å². The maximum atomic E-state index is 5.99. The Morgan fingerprint density at radius 2 is 2.41 bits per heavy atom. The molecule has 0 aliphatic carbocycles. The molecule has 1 unspecified atom stereocenters. The van der Waals surface area contributed by atoms with Gasteiger partial charge < -0.3 is 5.32 Å². The van der Waals surface area contributed by atoms with E-state index in [0.29, 0.717) is 5.15 Å². The van der Waals surface area contributed by atoms with Crippen molar-refractivity contribution in [3.8, 4) is 0 Å². The van der Waals surface area contributed by atoms with Crippen LogP contribution in [0.4, 0.5) is 5.82 Å². The van der Waals surface area contributed by atoms with Gasteiger partial charge in [0.2, 0.25) is 0 Å². The summed E-state index contributed by atoms with van der Waals surface area (Å²) in [6, 6.07) is 1.81. The lowest BCUT2D eigenvalue weighted by Crippen LogP contribution is -2.15. The number of aryl methyl sites for hydroxylation is 1. The molecule has 2 rings (SSSR count). The predicted molar refractivity (Wildman–Crippen MR) is 75.0 cm³/mol. The molecule has 1 aliphatic heterocycles. The van der Waals surface area contributed by atoms with E-state index in [4.69, 9.17) is 11.6 Å². The van der Waals surface area contributed by atoms with Crippen LogP contribution < -0.4 is 5.32 Å². The number of nitrogens with zero attached hydrogens (tertiary/aromatic N) is 2. The third kappa shape index (κ3) is 4.03. The van der Waals surface area contributed by atoms with E-state index in [1.807, 2.05) is 17.8 Å². The monoisotopic (exact) mass is 271 g/mol. The molecule has 5 heteroatoms. The van der Waals surface area contributed by atoms with E-state index in [2.05, 4.69) is 22.2 Å². The lowest BCUT2D eigenvalue weighted by molar-refractivity contribution is 0.630. The van der Waals surface area contributed by atoms with Crippen LogP contribution in [0.2, 0.25) is 5.15 Å². The molecule has 0 spiro atoms. The second-order valence-corrected chi connectivity index (χ2v) is 5.89. The topological polar surface area (TPSA) is 37.8 Å². The zero-order chi connectivity index (χ0) is 12.1. The average Bonchev–Trinajstić information content (AvgIpc) is 2.79. The highest BCUT2D eigenvalue weighted by atomic mass is 35.5. The average molecular weight is 272 g/mol. The van der Waals surface area contributed by atoms with Gasteiger partial charge >= 0.3 is 0 Å². The fourth-order valence-electron chi connectivity index (χ4n) is 1.88. The molecule has 1 N–H and O–H groups in total. The van der Waals surface area contributed by atoms with E-state index in [1.165, 1.54) is 17.9 Å². The Hall–Kier alpha value is -0.480. The normalized spacial score (nSPS) is 19.5. The van der Waals surface area contributed by atoms with Crippen molar-refractivity contribution in [3.63, 3.8) is 0 Å². The Morgan fingerprint density at radius 3 is 3.12 bits per heavy atom. The summed E-state index contributed by atoms with van der Waals surface area (Å²) in [6.45, 7) is 3.11. The Kier molecular flexibility index (Phi) is 4.92. The minimum atomic E-state index is 0.534. The van der Waals surface area contributed by atoms with Crippen molar-refractivity contribution in [1.82, 2.24) is 9.97 Å². The first-order valence-corrected chi connectivity index (χ1v) is 7.66. The number of thioether (sulfide) groups is 1. The Labute approximate surface area is 112 Å². The van der Waals surface area contributed by atoms with Crippen LogP contribution in [0.15, 0.2) is 6.07 Å². The van der Waals surface area contributed by atoms with Gasteiger partial charge in [0, 0.05) is 19.0 Å². The summed E-state index contributed by atoms with van der Waals surface area (Å²) >= 11 is 8.02. The van der Waals surface area contributed by atoms with Crippen LogP contribution in [0.25, 0.3) is 0 Å². The predicted octanol–water partition coefficient (Wildman–Crippen LogP) is 3.25. The van der Waals surface area contributed by atoms with E-state index in [9.17, 15) is 0 Å². The molecule has 2 heterocycles. The van der Waals surface area contributed by atoms with Crippen molar-refractivity contribution in [2.75, 3.05) is 23.4 Å². The van der Waals surface area contributed by atoms with Crippen LogP contribution in [0.3, 0.4) is 0 Å². The number of nitrogens with one attached hydrogen (secondary N) is 1. The number of hydrogen-bond acceptors (Lipinski definition) is 4. The fourth-order valence-corrected chi connectivity index (χ4v) is 3.37. The van der Waals surface area contributed by atoms with Gasteiger partial charge in [-0.1, -0.05) is 18.5 Å². The molecule has 17 heavy (non-hydrogen) atoms. The first kappa shape index (κ1) is 13.0. The van der Waals surface area contributed by atoms with Gasteiger partial charge in [-0.15, -0.1) is 0 Å². The van der Waals surface area contributed by atoms with E-state index < -0.39 is 0 Å². The van der Waals surface area contributed by atoms with E-state index in [0.717, 1.165) is 36.9 Å². The van der Waals surface area contributed by atoms with Crippen molar-refractivity contribution in [1.29, 1.82) is 0 Å². The first-order valence-electron chi connectivity index (χ1n) is 6.13. The zero-order valence-electron chi connectivity index (χ0n) is 10.1. The molecule has 1 aliphatic rings. The standard InChI is InChI=1S/C12H18ClN3S/c1-2-3-11-15-10(13)6-12(16-11)14-7-9-4-5-17-8-9/h6,9H,2-5,7-8H2,1H3,(H,14,15,16). The van der Waals surface area contributed by atoms with Crippen molar-refractivity contribution < 1.29 is 0 Å². The first-order chi connectivity index (χ1) is 8.28. The summed E-state index contributed by atoms with van der Waals surface area (Å²) in [4.78, 5) is 8.68. The van der Waals surface area contributed by atoms with Crippen LogP contribution in [0, 0.1) is 5.92 Å². The van der Waals surface area contributed by atoms with Gasteiger partial charge in [-0.25, -0.2) is 9.97 Å². The molecule has 1 fully saturated rings. The number of hydrogen-bond donors (Lipinski definition) is 1. The highest BCUT2D eigenvalue weighted by molar-refractivity contribution is 7.99. The lowest BCUT2D eigenvalue weighted by Gasteiger charge is -2.11. The van der Waals surface area contributed by atoms with Gasteiger partial charge in [0.25, 0.3) is 0 Å². The van der Waals surface area contributed by atoms with E-state index >= 15 is 0 Å². The maximum absolute atomic E-state index is 5.99. The largest absolute Gasteiger partial charge is 0.370 e. The van der Waals surface area contributed by atoms with Crippen LogP contribution >= 0.6 is 23.4 Å². The molecule has 0 saturated carbocycles. The van der Waals surface area contributed by atoms with Crippen molar-refractivity contribution >= 4 is 29.2 Å². The highest BCUT2D eigenvalue weighted by Gasteiger charge is 2.15. The summed E-state index contributed by atoms with van der Waals surface area (Å²) in [7, 11) is 0. The smallest absolute Gasteiger partial charge is 0.134 e. The minimum Gasteiger partial charge on any atom is -0.370 e. The zero-order valence-corrected chi connectivity index (χ0v) is 11.7. The van der Waals surface area contributed by atoms with Crippen molar-refractivity contribution in [2.24, 2.45) is 5.92 Å². The van der Waals surface area contributed by atoms with Crippen LogP contribution in [0.1, 0.15) is 25.6 Å². The molecule has 1 saturated heterocycles. The molecule has 3 nitrogen and oxygen atoms in total.